The Balaban J connectivity index is 1.71. The van der Waals surface area contributed by atoms with Gasteiger partial charge < -0.3 is 9.84 Å². The molecule has 1 amide bonds. The Morgan fingerprint density at radius 2 is 2.28 bits per heavy atom. The van der Waals surface area contributed by atoms with Crippen molar-refractivity contribution in [3.63, 3.8) is 0 Å². The summed E-state index contributed by atoms with van der Waals surface area (Å²) in [6, 6.07) is 7.46. The smallest absolute Gasteiger partial charge is 0.277 e. The van der Waals surface area contributed by atoms with Crippen LogP contribution in [0.25, 0.3) is 12.2 Å². The van der Waals surface area contributed by atoms with Crippen molar-refractivity contribution in [2.45, 2.75) is 25.5 Å². The van der Waals surface area contributed by atoms with Crippen molar-refractivity contribution in [3.8, 4) is 5.88 Å². The number of hydrogen-bond donors (Lipinski definition) is 1. The predicted octanol–water partition coefficient (Wildman–Crippen LogP) is 2.19. The van der Waals surface area contributed by atoms with E-state index < -0.39 is 0 Å². The van der Waals surface area contributed by atoms with Gasteiger partial charge in [-0.15, -0.1) is 11.3 Å². The Morgan fingerprint density at radius 1 is 1.44 bits per heavy atom. The second-order valence-corrected chi connectivity index (χ2v) is 7.70. The fourth-order valence-corrected chi connectivity index (χ4v) is 4.30. The lowest BCUT2D eigenvalue weighted by Gasteiger charge is -2.11. The standard InChI is InChI=1S/C18H16N2O3S2/c21-16-12(8-11-4-1-2-6-14(11)19-16)9-15-17(22)20(18(24)25-15)10-13-5-3-7-23-13/h1-2,4,6,8-9,13,22H,3,5,7,10H2/t13-/m1/s1. The third-order valence-corrected chi connectivity index (χ3v) is 5.69. The number of ether oxygens (including phenoxy) is 1. The van der Waals surface area contributed by atoms with Gasteiger partial charge in [0.25, 0.3) is 5.91 Å². The summed E-state index contributed by atoms with van der Waals surface area (Å²) in [6.45, 7) is 1.29. The highest BCUT2D eigenvalue weighted by Gasteiger charge is 2.20. The number of nitrogens with zero attached hydrogens (tertiary/aromatic N) is 2. The van der Waals surface area contributed by atoms with Crippen LogP contribution in [0.1, 0.15) is 17.7 Å². The quantitative estimate of drug-likeness (QED) is 0.663. The maximum absolute atomic E-state index is 12.2. The molecule has 1 atom stereocenters. The Bertz CT molecular complexity index is 1040. The van der Waals surface area contributed by atoms with Gasteiger partial charge >= 0.3 is 0 Å². The van der Waals surface area contributed by atoms with Gasteiger partial charge in [-0.05, 0) is 43.3 Å². The van der Waals surface area contributed by atoms with E-state index in [1.54, 1.807) is 22.8 Å². The van der Waals surface area contributed by atoms with Crippen molar-refractivity contribution in [1.82, 2.24) is 4.57 Å². The number of rotatable bonds is 3. The van der Waals surface area contributed by atoms with Gasteiger partial charge in [0, 0.05) is 17.4 Å². The molecule has 5 nitrogen and oxygen atoms in total. The van der Waals surface area contributed by atoms with Crippen molar-refractivity contribution in [2.75, 3.05) is 6.61 Å². The topological polar surface area (TPSA) is 63.8 Å². The SMILES string of the molecule is O=C1N=c2ccccc2=CC1=Cc1sc(=S)n(C[C@H]2CCCO2)c1O. The average molecular weight is 372 g/mol. The Kier molecular flexibility index (Phi) is 4.37. The van der Waals surface area contributed by atoms with Crippen LogP contribution in [0.15, 0.2) is 34.8 Å². The lowest BCUT2D eigenvalue weighted by atomic mass is 10.1. The number of aromatic nitrogens is 1. The zero-order valence-electron chi connectivity index (χ0n) is 13.3. The molecule has 2 aromatic rings. The van der Waals surface area contributed by atoms with Gasteiger partial charge in [0.1, 0.15) is 0 Å². The maximum atomic E-state index is 12.2. The number of thiazole rings is 1. The molecule has 25 heavy (non-hydrogen) atoms. The molecule has 7 heteroatoms. The molecule has 0 unspecified atom stereocenters. The highest BCUT2D eigenvalue weighted by Crippen LogP contribution is 2.30. The molecule has 1 fully saturated rings. The van der Waals surface area contributed by atoms with Crippen LogP contribution in [-0.4, -0.2) is 28.3 Å². The lowest BCUT2D eigenvalue weighted by molar-refractivity contribution is -0.114. The third-order valence-electron chi connectivity index (χ3n) is 4.31. The minimum Gasteiger partial charge on any atom is -0.493 e. The molecule has 1 aromatic heterocycles. The number of aromatic hydroxyl groups is 1. The van der Waals surface area contributed by atoms with Crippen LogP contribution in [0, 0.1) is 3.95 Å². The average Bonchev–Trinajstić information content (AvgIpc) is 3.20. The van der Waals surface area contributed by atoms with E-state index in [0.717, 1.165) is 24.7 Å². The fourth-order valence-electron chi connectivity index (χ4n) is 3.02. The summed E-state index contributed by atoms with van der Waals surface area (Å²) in [4.78, 5) is 16.9. The largest absolute Gasteiger partial charge is 0.493 e. The molecule has 0 spiro atoms. The van der Waals surface area contributed by atoms with Gasteiger partial charge in [-0.2, -0.15) is 0 Å². The number of amides is 1. The fraction of sp³-hybridized carbons (Fsp3) is 0.278. The van der Waals surface area contributed by atoms with Gasteiger partial charge in [0.2, 0.25) is 5.88 Å². The molecule has 1 N–H and O–H groups in total. The lowest BCUT2D eigenvalue weighted by Crippen LogP contribution is -2.29. The van der Waals surface area contributed by atoms with Crippen molar-refractivity contribution < 1.29 is 14.6 Å². The minimum atomic E-state index is -0.317. The summed E-state index contributed by atoms with van der Waals surface area (Å²) in [7, 11) is 0. The molecule has 128 valence electrons. The molecule has 0 radical (unpaired) electrons. The monoisotopic (exact) mass is 372 g/mol. The Morgan fingerprint density at radius 3 is 3.08 bits per heavy atom. The van der Waals surface area contributed by atoms with E-state index in [9.17, 15) is 9.90 Å². The molecule has 0 aliphatic carbocycles. The van der Waals surface area contributed by atoms with Crippen molar-refractivity contribution in [1.29, 1.82) is 0 Å². The van der Waals surface area contributed by atoms with Crippen molar-refractivity contribution >= 4 is 41.6 Å². The number of hydrogen-bond acceptors (Lipinski definition) is 5. The van der Waals surface area contributed by atoms with Gasteiger partial charge in [0.15, 0.2) is 3.95 Å². The molecule has 1 saturated heterocycles. The van der Waals surface area contributed by atoms with E-state index in [1.165, 1.54) is 11.3 Å². The first-order valence-electron chi connectivity index (χ1n) is 8.07. The maximum Gasteiger partial charge on any atom is 0.277 e. The number of para-hydroxylation sites is 1. The number of fused-ring (bicyclic) bond motifs is 1. The van der Waals surface area contributed by atoms with Gasteiger partial charge in [-0.25, -0.2) is 4.99 Å². The Hall–Kier alpha value is -2.09. The molecule has 0 saturated carbocycles. The van der Waals surface area contributed by atoms with E-state index in [0.29, 0.717) is 26.3 Å². The predicted molar refractivity (Wildman–Crippen MR) is 98.5 cm³/mol. The number of carbonyl (C=O) groups is 1. The summed E-state index contributed by atoms with van der Waals surface area (Å²) in [5.74, 6) is -0.235. The first kappa shape index (κ1) is 16.4. The van der Waals surface area contributed by atoms with Crippen LogP contribution >= 0.6 is 23.6 Å². The van der Waals surface area contributed by atoms with Crippen molar-refractivity contribution in [2.24, 2.45) is 4.99 Å². The Labute approximate surface area is 153 Å². The van der Waals surface area contributed by atoms with Crippen LogP contribution in [0.4, 0.5) is 0 Å². The summed E-state index contributed by atoms with van der Waals surface area (Å²) < 4.78 is 7.87. The van der Waals surface area contributed by atoms with Crippen LogP contribution in [0.5, 0.6) is 5.88 Å². The van der Waals surface area contributed by atoms with Crippen LogP contribution in [-0.2, 0) is 16.1 Å². The normalized spacial score (nSPS) is 21.0. The molecular formula is C18H16N2O3S2. The summed E-state index contributed by atoms with van der Waals surface area (Å²) in [5, 5.41) is 12.1. The minimum absolute atomic E-state index is 0.0810. The van der Waals surface area contributed by atoms with Gasteiger partial charge in [-0.3, -0.25) is 9.36 Å². The first-order valence-corrected chi connectivity index (χ1v) is 9.30. The number of benzene rings is 1. The molecular weight excluding hydrogens is 356 g/mol. The van der Waals surface area contributed by atoms with Crippen LogP contribution in [0.3, 0.4) is 0 Å². The highest BCUT2D eigenvalue weighted by atomic mass is 32.1. The second-order valence-electron chi connectivity index (χ2n) is 6.02. The van der Waals surface area contributed by atoms with Crippen LogP contribution in [0.2, 0.25) is 0 Å². The molecule has 2 aliphatic rings. The molecule has 4 rings (SSSR count). The van der Waals surface area contributed by atoms with E-state index in [2.05, 4.69) is 4.99 Å². The van der Waals surface area contributed by atoms with E-state index in [4.69, 9.17) is 17.0 Å². The number of carbonyl (C=O) groups excluding carboxylic acids is 1. The molecule has 3 heterocycles. The van der Waals surface area contributed by atoms with Crippen molar-refractivity contribution in [3.05, 3.63) is 49.2 Å². The zero-order chi connectivity index (χ0) is 17.4. The molecule has 0 bridgehead atoms. The first-order chi connectivity index (χ1) is 12.1. The van der Waals surface area contributed by atoms with Gasteiger partial charge in [-0.1, -0.05) is 18.2 Å². The highest BCUT2D eigenvalue weighted by molar-refractivity contribution is 7.73. The van der Waals surface area contributed by atoms with Crippen LogP contribution < -0.4 is 10.6 Å². The van der Waals surface area contributed by atoms with E-state index >= 15 is 0 Å². The summed E-state index contributed by atoms with van der Waals surface area (Å²) >= 11 is 6.66. The van der Waals surface area contributed by atoms with E-state index in [-0.39, 0.29) is 17.9 Å². The molecule has 1 aromatic carbocycles. The molecule has 2 aliphatic heterocycles. The third kappa shape index (κ3) is 3.22. The second kappa shape index (κ2) is 6.67. The van der Waals surface area contributed by atoms with Gasteiger partial charge in [0.05, 0.1) is 22.9 Å². The summed E-state index contributed by atoms with van der Waals surface area (Å²) in [5.41, 5.74) is 0.439. The van der Waals surface area contributed by atoms with E-state index in [1.807, 2.05) is 18.2 Å². The zero-order valence-corrected chi connectivity index (χ0v) is 15.0. The summed E-state index contributed by atoms with van der Waals surface area (Å²) in [6.07, 6.45) is 5.53.